The standard InChI is InChI=1S/C17H21N3/c18-20-17(19-15-9-2-3-10-15)12-14-8-5-7-13-6-1-4-11-16(13)14/h1,4-8,11,15H,2-3,9-10,12,18H2,(H,19,20). The Kier molecular flexibility index (Phi) is 3.97. The normalized spacial score (nSPS) is 16.8. The number of hydrogen-bond acceptors (Lipinski definition) is 2. The van der Waals surface area contributed by atoms with E-state index in [1.54, 1.807) is 0 Å². The molecule has 1 fully saturated rings. The Balaban J connectivity index is 1.87. The highest BCUT2D eigenvalue weighted by atomic mass is 15.3. The number of benzene rings is 2. The van der Waals surface area contributed by atoms with Gasteiger partial charge < -0.3 is 5.43 Å². The van der Waals surface area contributed by atoms with Crippen molar-refractivity contribution < 1.29 is 0 Å². The van der Waals surface area contributed by atoms with Crippen LogP contribution in [0.4, 0.5) is 0 Å². The molecule has 3 heteroatoms. The van der Waals surface area contributed by atoms with Gasteiger partial charge in [0.15, 0.2) is 0 Å². The predicted octanol–water partition coefficient (Wildman–Crippen LogP) is 3.19. The minimum Gasteiger partial charge on any atom is -0.312 e. The van der Waals surface area contributed by atoms with Gasteiger partial charge in [-0.05, 0) is 29.2 Å². The van der Waals surface area contributed by atoms with Crippen molar-refractivity contribution in [1.82, 2.24) is 5.43 Å². The minimum atomic E-state index is 0.455. The second-order valence-electron chi connectivity index (χ2n) is 5.47. The van der Waals surface area contributed by atoms with E-state index in [0.717, 1.165) is 12.3 Å². The van der Waals surface area contributed by atoms with Gasteiger partial charge in [-0.25, -0.2) is 5.84 Å². The first-order valence-corrected chi connectivity index (χ1v) is 7.37. The molecule has 0 bridgehead atoms. The molecule has 1 aliphatic rings. The molecule has 0 aromatic heterocycles. The molecule has 0 saturated heterocycles. The predicted molar refractivity (Wildman–Crippen MR) is 84.7 cm³/mol. The fraction of sp³-hybridized carbons (Fsp3) is 0.353. The maximum absolute atomic E-state index is 5.66. The summed E-state index contributed by atoms with van der Waals surface area (Å²) < 4.78 is 0. The van der Waals surface area contributed by atoms with E-state index in [9.17, 15) is 0 Å². The number of nitrogens with zero attached hydrogens (tertiary/aromatic N) is 1. The van der Waals surface area contributed by atoms with Crippen LogP contribution in [0.3, 0.4) is 0 Å². The van der Waals surface area contributed by atoms with Crippen LogP contribution in [0.2, 0.25) is 0 Å². The van der Waals surface area contributed by atoms with E-state index in [-0.39, 0.29) is 0 Å². The van der Waals surface area contributed by atoms with Gasteiger partial charge in [0.2, 0.25) is 0 Å². The van der Waals surface area contributed by atoms with Gasteiger partial charge in [0.1, 0.15) is 5.84 Å². The summed E-state index contributed by atoms with van der Waals surface area (Å²) in [5.41, 5.74) is 4.07. The summed E-state index contributed by atoms with van der Waals surface area (Å²) >= 11 is 0. The summed E-state index contributed by atoms with van der Waals surface area (Å²) in [4.78, 5) is 4.78. The van der Waals surface area contributed by atoms with Crippen molar-refractivity contribution >= 4 is 16.6 Å². The van der Waals surface area contributed by atoms with Crippen molar-refractivity contribution in [2.45, 2.75) is 38.1 Å². The molecule has 0 heterocycles. The average molecular weight is 267 g/mol. The Morgan fingerprint density at radius 3 is 2.65 bits per heavy atom. The number of nitrogens with one attached hydrogen (secondary N) is 1. The van der Waals surface area contributed by atoms with Gasteiger partial charge in [-0.1, -0.05) is 55.3 Å². The van der Waals surface area contributed by atoms with Gasteiger partial charge in [-0.2, -0.15) is 0 Å². The van der Waals surface area contributed by atoms with Crippen molar-refractivity contribution in [1.29, 1.82) is 0 Å². The van der Waals surface area contributed by atoms with Gasteiger partial charge >= 0.3 is 0 Å². The lowest BCUT2D eigenvalue weighted by Gasteiger charge is -2.11. The number of hydrazine groups is 1. The Morgan fingerprint density at radius 1 is 1.10 bits per heavy atom. The molecule has 0 spiro atoms. The van der Waals surface area contributed by atoms with Gasteiger partial charge in [-0.15, -0.1) is 0 Å². The van der Waals surface area contributed by atoms with Crippen LogP contribution in [0, 0.1) is 0 Å². The summed E-state index contributed by atoms with van der Waals surface area (Å²) in [6.07, 6.45) is 5.75. The van der Waals surface area contributed by atoms with E-state index in [4.69, 9.17) is 10.8 Å². The molecule has 104 valence electrons. The molecule has 1 saturated carbocycles. The van der Waals surface area contributed by atoms with E-state index >= 15 is 0 Å². The smallest absolute Gasteiger partial charge is 0.115 e. The molecule has 0 radical (unpaired) electrons. The van der Waals surface area contributed by atoms with Crippen LogP contribution in [0.1, 0.15) is 31.2 Å². The highest BCUT2D eigenvalue weighted by Gasteiger charge is 2.15. The Bertz CT molecular complexity index is 607. The number of hydrogen-bond donors (Lipinski definition) is 2. The summed E-state index contributed by atoms with van der Waals surface area (Å²) in [6, 6.07) is 15.3. The van der Waals surface area contributed by atoms with E-state index < -0.39 is 0 Å². The number of rotatable bonds is 3. The summed E-state index contributed by atoms with van der Waals surface area (Å²) in [6.45, 7) is 0. The quantitative estimate of drug-likeness (QED) is 0.388. The van der Waals surface area contributed by atoms with Crippen LogP contribution in [0.5, 0.6) is 0 Å². The number of amidine groups is 1. The zero-order valence-electron chi connectivity index (χ0n) is 11.7. The number of fused-ring (bicyclic) bond motifs is 1. The van der Waals surface area contributed by atoms with Crippen LogP contribution in [-0.2, 0) is 6.42 Å². The van der Waals surface area contributed by atoms with Gasteiger partial charge in [-0.3, -0.25) is 4.99 Å². The van der Waals surface area contributed by atoms with Crippen LogP contribution in [0.15, 0.2) is 47.5 Å². The molecule has 3 nitrogen and oxygen atoms in total. The zero-order chi connectivity index (χ0) is 13.8. The Labute approximate surface area is 119 Å². The zero-order valence-corrected chi connectivity index (χ0v) is 11.7. The lowest BCUT2D eigenvalue weighted by Crippen LogP contribution is -2.33. The minimum absolute atomic E-state index is 0.455. The molecule has 3 rings (SSSR count). The first-order chi connectivity index (χ1) is 9.86. The lowest BCUT2D eigenvalue weighted by molar-refractivity contribution is 0.697. The molecule has 0 amide bonds. The maximum atomic E-state index is 5.66. The third kappa shape index (κ3) is 2.83. The van der Waals surface area contributed by atoms with Gasteiger partial charge in [0, 0.05) is 6.42 Å². The Hall–Kier alpha value is -1.87. The molecule has 0 atom stereocenters. The molecule has 20 heavy (non-hydrogen) atoms. The van der Waals surface area contributed by atoms with Crippen molar-refractivity contribution in [2.75, 3.05) is 0 Å². The van der Waals surface area contributed by atoms with E-state index in [1.807, 2.05) is 0 Å². The van der Waals surface area contributed by atoms with E-state index in [2.05, 4.69) is 47.9 Å². The summed E-state index contributed by atoms with van der Waals surface area (Å²) in [5, 5.41) is 2.55. The summed E-state index contributed by atoms with van der Waals surface area (Å²) in [5.74, 6) is 6.56. The van der Waals surface area contributed by atoms with Crippen LogP contribution in [-0.4, -0.2) is 11.9 Å². The largest absolute Gasteiger partial charge is 0.312 e. The van der Waals surface area contributed by atoms with Gasteiger partial charge in [0.05, 0.1) is 6.04 Å². The molecule has 1 aliphatic carbocycles. The SMILES string of the molecule is NNC(Cc1cccc2ccccc12)=NC1CCCC1. The first kappa shape index (κ1) is 13.1. The maximum Gasteiger partial charge on any atom is 0.115 e. The van der Waals surface area contributed by atoms with Crippen LogP contribution >= 0.6 is 0 Å². The second kappa shape index (κ2) is 6.06. The van der Waals surface area contributed by atoms with Crippen molar-refractivity contribution in [3.63, 3.8) is 0 Å². The number of nitrogens with two attached hydrogens (primary N) is 1. The molecule has 2 aromatic rings. The lowest BCUT2D eigenvalue weighted by atomic mass is 10.0. The van der Waals surface area contributed by atoms with Crippen molar-refractivity contribution in [3.8, 4) is 0 Å². The molecule has 2 aromatic carbocycles. The number of aliphatic imine (C=N–C) groups is 1. The second-order valence-corrected chi connectivity index (χ2v) is 5.47. The monoisotopic (exact) mass is 267 g/mol. The van der Waals surface area contributed by atoms with Gasteiger partial charge in [0.25, 0.3) is 0 Å². The Morgan fingerprint density at radius 2 is 1.85 bits per heavy atom. The molecular weight excluding hydrogens is 246 g/mol. The fourth-order valence-corrected chi connectivity index (χ4v) is 3.01. The van der Waals surface area contributed by atoms with Crippen LogP contribution < -0.4 is 11.3 Å². The van der Waals surface area contributed by atoms with E-state index in [1.165, 1.54) is 42.0 Å². The van der Waals surface area contributed by atoms with E-state index in [0.29, 0.717) is 6.04 Å². The fourth-order valence-electron chi connectivity index (χ4n) is 3.01. The first-order valence-electron chi connectivity index (χ1n) is 7.37. The summed E-state index contributed by atoms with van der Waals surface area (Å²) in [7, 11) is 0. The third-order valence-corrected chi connectivity index (χ3v) is 4.07. The molecule has 0 aliphatic heterocycles. The topological polar surface area (TPSA) is 50.4 Å². The highest BCUT2D eigenvalue weighted by molar-refractivity contribution is 5.92. The highest BCUT2D eigenvalue weighted by Crippen LogP contribution is 2.22. The molecular formula is C17H21N3. The average Bonchev–Trinajstić information content (AvgIpc) is 3.00. The van der Waals surface area contributed by atoms with Crippen molar-refractivity contribution in [2.24, 2.45) is 10.8 Å². The van der Waals surface area contributed by atoms with Crippen molar-refractivity contribution in [3.05, 3.63) is 48.0 Å². The third-order valence-electron chi connectivity index (χ3n) is 4.07. The molecule has 3 N–H and O–H groups in total. The molecule has 0 unspecified atom stereocenters. The van der Waals surface area contributed by atoms with Crippen LogP contribution in [0.25, 0.3) is 10.8 Å².